The zero-order chi connectivity index (χ0) is 9.84. The van der Waals surface area contributed by atoms with E-state index in [0.717, 1.165) is 11.3 Å². The summed E-state index contributed by atoms with van der Waals surface area (Å²) < 4.78 is 0. The van der Waals surface area contributed by atoms with E-state index in [4.69, 9.17) is 5.11 Å². The van der Waals surface area contributed by atoms with Gasteiger partial charge in [-0.2, -0.15) is 0 Å². The average Bonchev–Trinajstić information content (AvgIpc) is 2.52. The van der Waals surface area contributed by atoms with Gasteiger partial charge in [-0.05, 0) is 11.4 Å². The van der Waals surface area contributed by atoms with E-state index in [2.05, 4.69) is 4.84 Å². The highest BCUT2D eigenvalue weighted by molar-refractivity contribution is 7.12. The molecule has 6 heteroatoms. The van der Waals surface area contributed by atoms with E-state index in [1.807, 2.05) is 5.48 Å². The molecule has 0 unspecified atom stereocenters. The molecule has 0 bridgehead atoms. The summed E-state index contributed by atoms with van der Waals surface area (Å²) in [4.78, 5) is 26.1. The van der Waals surface area contributed by atoms with Crippen LogP contribution in [0.2, 0.25) is 0 Å². The minimum absolute atomic E-state index is 0.00884. The van der Waals surface area contributed by atoms with Crippen molar-refractivity contribution < 1.29 is 19.5 Å². The quantitative estimate of drug-likeness (QED) is 0.707. The lowest BCUT2D eigenvalue weighted by Gasteiger charge is -1.99. The third kappa shape index (κ3) is 2.04. The second-order valence-corrected chi connectivity index (χ2v) is 3.02. The summed E-state index contributed by atoms with van der Waals surface area (Å²) in [7, 11) is 1.28. The molecule has 0 aliphatic rings. The molecule has 1 rings (SSSR count). The Labute approximate surface area is 77.9 Å². The molecule has 0 spiro atoms. The standard InChI is InChI=1S/C7H7NO4S/c1-12-8-6(9)4-2-3-13-5(4)7(10)11/h2-3H,1H3,(H,8,9)(H,10,11). The first-order chi connectivity index (χ1) is 6.16. The molecule has 0 atom stereocenters. The SMILES string of the molecule is CONC(=O)c1ccsc1C(=O)O. The van der Waals surface area contributed by atoms with Gasteiger partial charge in [-0.25, -0.2) is 10.3 Å². The number of rotatable bonds is 3. The van der Waals surface area contributed by atoms with Crippen LogP contribution in [-0.2, 0) is 4.84 Å². The van der Waals surface area contributed by atoms with E-state index in [-0.39, 0.29) is 10.4 Å². The molecule has 1 heterocycles. The summed E-state index contributed by atoms with van der Waals surface area (Å²) in [6.45, 7) is 0. The first-order valence-corrected chi connectivity index (χ1v) is 4.19. The second kappa shape index (κ2) is 4.01. The molecular weight excluding hydrogens is 194 g/mol. The average molecular weight is 201 g/mol. The number of carbonyl (C=O) groups is 2. The fourth-order valence-corrected chi connectivity index (χ4v) is 1.53. The lowest BCUT2D eigenvalue weighted by molar-refractivity contribution is 0.0530. The van der Waals surface area contributed by atoms with Crippen LogP contribution in [0.1, 0.15) is 20.0 Å². The van der Waals surface area contributed by atoms with Crippen molar-refractivity contribution in [1.29, 1.82) is 0 Å². The van der Waals surface area contributed by atoms with Gasteiger partial charge in [0.2, 0.25) is 0 Å². The van der Waals surface area contributed by atoms with E-state index in [1.54, 1.807) is 0 Å². The van der Waals surface area contributed by atoms with E-state index >= 15 is 0 Å². The minimum Gasteiger partial charge on any atom is -0.477 e. The number of carbonyl (C=O) groups excluding carboxylic acids is 1. The maximum atomic E-state index is 11.1. The highest BCUT2D eigenvalue weighted by Gasteiger charge is 2.17. The lowest BCUT2D eigenvalue weighted by atomic mass is 10.2. The zero-order valence-corrected chi connectivity index (χ0v) is 7.55. The van der Waals surface area contributed by atoms with Gasteiger partial charge in [0.05, 0.1) is 12.7 Å². The molecule has 1 aromatic rings. The lowest BCUT2D eigenvalue weighted by Crippen LogP contribution is -2.22. The van der Waals surface area contributed by atoms with Crippen LogP contribution < -0.4 is 5.48 Å². The fourth-order valence-electron chi connectivity index (χ4n) is 0.801. The van der Waals surface area contributed by atoms with Crippen LogP contribution in [0.25, 0.3) is 0 Å². The molecule has 1 amide bonds. The molecule has 0 aliphatic carbocycles. The predicted molar refractivity (Wildman–Crippen MR) is 45.8 cm³/mol. The molecule has 0 radical (unpaired) electrons. The summed E-state index contributed by atoms with van der Waals surface area (Å²) in [6.07, 6.45) is 0. The van der Waals surface area contributed by atoms with Crippen molar-refractivity contribution in [1.82, 2.24) is 5.48 Å². The van der Waals surface area contributed by atoms with E-state index in [1.165, 1.54) is 18.6 Å². The van der Waals surface area contributed by atoms with Crippen LogP contribution in [0.15, 0.2) is 11.4 Å². The Morgan fingerprint density at radius 3 is 2.85 bits per heavy atom. The van der Waals surface area contributed by atoms with E-state index in [0.29, 0.717) is 0 Å². The first kappa shape index (κ1) is 9.69. The maximum Gasteiger partial charge on any atom is 0.346 e. The third-order valence-corrected chi connectivity index (χ3v) is 2.20. The predicted octanol–water partition coefficient (Wildman–Crippen LogP) is 0.738. The number of hydrogen-bond donors (Lipinski definition) is 2. The number of carboxylic acids is 1. The molecule has 0 aromatic carbocycles. The van der Waals surface area contributed by atoms with Gasteiger partial charge in [-0.3, -0.25) is 9.63 Å². The molecular formula is C7H7NO4S. The van der Waals surface area contributed by atoms with Gasteiger partial charge in [0.25, 0.3) is 5.91 Å². The molecule has 0 aliphatic heterocycles. The first-order valence-electron chi connectivity index (χ1n) is 3.31. The number of amides is 1. The topological polar surface area (TPSA) is 75.6 Å². The summed E-state index contributed by atoms with van der Waals surface area (Å²) in [5.41, 5.74) is 2.16. The van der Waals surface area contributed by atoms with Crippen molar-refractivity contribution in [2.75, 3.05) is 7.11 Å². The highest BCUT2D eigenvalue weighted by Crippen LogP contribution is 2.16. The van der Waals surface area contributed by atoms with Gasteiger partial charge in [-0.1, -0.05) is 0 Å². The monoisotopic (exact) mass is 201 g/mol. The highest BCUT2D eigenvalue weighted by atomic mass is 32.1. The normalized spacial score (nSPS) is 9.62. The van der Waals surface area contributed by atoms with E-state index in [9.17, 15) is 9.59 Å². The van der Waals surface area contributed by atoms with Gasteiger partial charge < -0.3 is 5.11 Å². The molecule has 1 aromatic heterocycles. The Balaban J connectivity index is 2.93. The number of carboxylic acid groups (broad SMARTS) is 1. The third-order valence-electron chi connectivity index (χ3n) is 1.30. The molecule has 0 fully saturated rings. The van der Waals surface area contributed by atoms with Crippen molar-refractivity contribution >= 4 is 23.2 Å². The minimum atomic E-state index is -1.11. The molecule has 2 N–H and O–H groups in total. The molecule has 13 heavy (non-hydrogen) atoms. The largest absolute Gasteiger partial charge is 0.477 e. The maximum absolute atomic E-state index is 11.1. The van der Waals surface area contributed by atoms with Crippen LogP contribution in [0.4, 0.5) is 0 Å². The number of nitrogens with one attached hydrogen (secondary N) is 1. The molecule has 0 saturated carbocycles. The van der Waals surface area contributed by atoms with Crippen molar-refractivity contribution in [3.8, 4) is 0 Å². The van der Waals surface area contributed by atoms with Gasteiger partial charge in [-0.15, -0.1) is 11.3 Å². The smallest absolute Gasteiger partial charge is 0.346 e. The summed E-state index contributed by atoms with van der Waals surface area (Å²) in [6, 6.07) is 1.43. The molecule has 5 nitrogen and oxygen atoms in total. The molecule has 0 saturated heterocycles. The van der Waals surface area contributed by atoms with Gasteiger partial charge in [0, 0.05) is 0 Å². The Hall–Kier alpha value is -1.40. The van der Waals surface area contributed by atoms with Crippen LogP contribution in [0.3, 0.4) is 0 Å². The fraction of sp³-hybridized carbons (Fsp3) is 0.143. The van der Waals surface area contributed by atoms with Crippen molar-refractivity contribution in [3.05, 3.63) is 21.9 Å². The Morgan fingerprint density at radius 1 is 1.62 bits per heavy atom. The molecule has 70 valence electrons. The number of thiophene rings is 1. The number of hydroxylamine groups is 1. The van der Waals surface area contributed by atoms with Crippen molar-refractivity contribution in [2.45, 2.75) is 0 Å². The second-order valence-electron chi connectivity index (χ2n) is 2.10. The Morgan fingerprint density at radius 2 is 2.31 bits per heavy atom. The van der Waals surface area contributed by atoms with Gasteiger partial charge in [0.15, 0.2) is 0 Å². The Kier molecular flexibility index (Phi) is 2.99. The number of aromatic carboxylic acids is 1. The van der Waals surface area contributed by atoms with Crippen molar-refractivity contribution in [2.24, 2.45) is 0 Å². The zero-order valence-electron chi connectivity index (χ0n) is 6.73. The van der Waals surface area contributed by atoms with Crippen LogP contribution in [0, 0.1) is 0 Å². The summed E-state index contributed by atoms with van der Waals surface area (Å²) in [5.74, 6) is -1.67. The van der Waals surface area contributed by atoms with Gasteiger partial charge >= 0.3 is 5.97 Å². The van der Waals surface area contributed by atoms with Crippen LogP contribution in [-0.4, -0.2) is 24.1 Å². The Bertz CT molecular complexity index is 333. The van der Waals surface area contributed by atoms with Gasteiger partial charge in [0.1, 0.15) is 4.88 Å². The van der Waals surface area contributed by atoms with Crippen LogP contribution >= 0.6 is 11.3 Å². The van der Waals surface area contributed by atoms with E-state index < -0.39 is 11.9 Å². The number of hydrogen-bond acceptors (Lipinski definition) is 4. The summed E-state index contributed by atoms with van der Waals surface area (Å²) >= 11 is 0.996. The van der Waals surface area contributed by atoms with Crippen LogP contribution in [0.5, 0.6) is 0 Å². The van der Waals surface area contributed by atoms with Crippen molar-refractivity contribution in [3.63, 3.8) is 0 Å². The summed E-state index contributed by atoms with van der Waals surface area (Å²) in [5, 5.41) is 10.2.